The Balaban J connectivity index is 1.78. The summed E-state index contributed by atoms with van der Waals surface area (Å²) in [6, 6.07) is 9.19. The summed E-state index contributed by atoms with van der Waals surface area (Å²) in [6.45, 7) is 1.28. The van der Waals surface area contributed by atoms with E-state index in [9.17, 15) is 9.59 Å². The molecule has 1 saturated heterocycles. The van der Waals surface area contributed by atoms with Crippen molar-refractivity contribution >= 4 is 11.6 Å². The van der Waals surface area contributed by atoms with E-state index in [1.54, 1.807) is 9.47 Å². The Morgan fingerprint density at radius 3 is 2.55 bits per heavy atom. The predicted octanol–water partition coefficient (Wildman–Crippen LogP) is 1.42. The molecule has 0 N–H and O–H groups in total. The van der Waals surface area contributed by atoms with Crippen LogP contribution in [0.3, 0.4) is 0 Å². The van der Waals surface area contributed by atoms with Crippen LogP contribution in [0.4, 0.5) is 5.69 Å². The Hall–Kier alpha value is -2.43. The first-order chi connectivity index (χ1) is 9.74. The van der Waals surface area contributed by atoms with Crippen molar-refractivity contribution in [2.24, 2.45) is 0 Å². The van der Waals surface area contributed by atoms with E-state index >= 15 is 0 Å². The zero-order valence-electron chi connectivity index (χ0n) is 11.0. The number of anilines is 1. The van der Waals surface area contributed by atoms with Crippen molar-refractivity contribution < 1.29 is 4.79 Å². The van der Waals surface area contributed by atoms with Crippen LogP contribution < -0.4 is 10.5 Å². The summed E-state index contributed by atoms with van der Waals surface area (Å²) in [5.74, 6) is 0.182. The van der Waals surface area contributed by atoms with Crippen LogP contribution in [-0.2, 0) is 11.3 Å². The molecule has 5 heteroatoms. The van der Waals surface area contributed by atoms with E-state index in [0.29, 0.717) is 13.0 Å². The maximum absolute atomic E-state index is 11.7. The van der Waals surface area contributed by atoms with Crippen molar-refractivity contribution in [3.63, 3.8) is 0 Å². The van der Waals surface area contributed by atoms with Gasteiger partial charge in [0.25, 0.3) is 5.56 Å². The maximum atomic E-state index is 11.7. The van der Waals surface area contributed by atoms with E-state index in [1.165, 1.54) is 18.6 Å². The van der Waals surface area contributed by atoms with Gasteiger partial charge in [-0.15, -0.1) is 0 Å². The number of hydrogen-bond acceptors (Lipinski definition) is 3. The second-order valence-electron chi connectivity index (χ2n) is 4.86. The van der Waals surface area contributed by atoms with Gasteiger partial charge < -0.3 is 4.90 Å². The van der Waals surface area contributed by atoms with Crippen molar-refractivity contribution in [1.29, 1.82) is 0 Å². The third kappa shape index (κ3) is 2.47. The highest BCUT2D eigenvalue weighted by Gasteiger charge is 2.21. The molecule has 0 spiro atoms. The molecule has 1 aromatic heterocycles. The van der Waals surface area contributed by atoms with Crippen molar-refractivity contribution in [2.45, 2.75) is 19.4 Å². The Morgan fingerprint density at radius 1 is 1.10 bits per heavy atom. The minimum atomic E-state index is -0.0706. The van der Waals surface area contributed by atoms with Gasteiger partial charge in [-0.3, -0.25) is 14.2 Å². The van der Waals surface area contributed by atoms with Crippen LogP contribution in [0.5, 0.6) is 0 Å². The Morgan fingerprint density at radius 2 is 1.90 bits per heavy atom. The minimum Gasteiger partial charge on any atom is -0.312 e. The molecule has 0 aliphatic carbocycles. The lowest BCUT2D eigenvalue weighted by Gasteiger charge is -2.16. The fraction of sp³-hybridized carbons (Fsp3) is 0.267. The molecule has 1 amide bonds. The van der Waals surface area contributed by atoms with E-state index in [4.69, 9.17) is 0 Å². The summed E-state index contributed by atoms with van der Waals surface area (Å²) < 4.78 is 1.55. The van der Waals surface area contributed by atoms with E-state index < -0.39 is 0 Å². The van der Waals surface area contributed by atoms with Gasteiger partial charge in [-0.25, -0.2) is 4.98 Å². The molecule has 1 aliphatic rings. The maximum Gasteiger partial charge on any atom is 0.253 e. The summed E-state index contributed by atoms with van der Waals surface area (Å²) in [6.07, 6.45) is 4.57. The molecule has 0 saturated carbocycles. The number of hydrogen-bond donors (Lipinski definition) is 0. The molecular formula is C15H15N3O2. The zero-order valence-corrected chi connectivity index (χ0v) is 11.0. The predicted molar refractivity (Wildman–Crippen MR) is 75.6 cm³/mol. The number of carbonyl (C=O) groups is 1. The van der Waals surface area contributed by atoms with Crippen LogP contribution in [0, 0.1) is 0 Å². The van der Waals surface area contributed by atoms with Crippen molar-refractivity contribution in [3.8, 4) is 0 Å². The SMILES string of the molecule is O=C1CCCN1c1ccc(Cn2cnccc2=O)cc1. The van der Waals surface area contributed by atoms with Gasteiger partial charge in [-0.2, -0.15) is 0 Å². The topological polar surface area (TPSA) is 55.2 Å². The van der Waals surface area contributed by atoms with Gasteiger partial charge >= 0.3 is 0 Å². The monoisotopic (exact) mass is 269 g/mol. The molecule has 20 heavy (non-hydrogen) atoms. The van der Waals surface area contributed by atoms with Crippen LogP contribution in [0.2, 0.25) is 0 Å². The second-order valence-corrected chi connectivity index (χ2v) is 4.86. The lowest BCUT2D eigenvalue weighted by molar-refractivity contribution is -0.117. The average molecular weight is 269 g/mol. The van der Waals surface area contributed by atoms with Gasteiger partial charge in [-0.1, -0.05) is 12.1 Å². The minimum absolute atomic E-state index is 0.0706. The van der Waals surface area contributed by atoms with E-state index in [2.05, 4.69) is 4.98 Å². The molecule has 1 fully saturated rings. The lowest BCUT2D eigenvalue weighted by atomic mass is 10.2. The first kappa shape index (κ1) is 12.6. The van der Waals surface area contributed by atoms with Gasteiger partial charge in [0.2, 0.25) is 5.91 Å². The molecule has 102 valence electrons. The summed E-state index contributed by atoms with van der Waals surface area (Å²) >= 11 is 0. The van der Waals surface area contributed by atoms with Crippen LogP contribution in [0.1, 0.15) is 18.4 Å². The molecule has 0 unspecified atom stereocenters. The highest BCUT2D eigenvalue weighted by molar-refractivity contribution is 5.95. The molecule has 2 heterocycles. The highest BCUT2D eigenvalue weighted by atomic mass is 16.2. The van der Waals surface area contributed by atoms with Gasteiger partial charge in [-0.05, 0) is 24.1 Å². The van der Waals surface area contributed by atoms with Crippen molar-refractivity contribution in [1.82, 2.24) is 9.55 Å². The van der Waals surface area contributed by atoms with Gasteiger partial charge in [0.05, 0.1) is 12.9 Å². The van der Waals surface area contributed by atoms with Crippen molar-refractivity contribution in [2.75, 3.05) is 11.4 Å². The van der Waals surface area contributed by atoms with Gasteiger partial charge in [0.1, 0.15) is 0 Å². The van der Waals surface area contributed by atoms with Gasteiger partial charge in [0.15, 0.2) is 0 Å². The Kier molecular flexibility index (Phi) is 3.33. The molecule has 2 aromatic rings. The number of nitrogens with zero attached hydrogens (tertiary/aromatic N) is 3. The van der Waals surface area contributed by atoms with Gasteiger partial charge in [0, 0.05) is 30.9 Å². The first-order valence-electron chi connectivity index (χ1n) is 6.64. The van der Waals surface area contributed by atoms with Crippen LogP contribution in [0.15, 0.2) is 47.7 Å². The fourth-order valence-corrected chi connectivity index (χ4v) is 2.40. The van der Waals surface area contributed by atoms with E-state index in [-0.39, 0.29) is 11.5 Å². The number of amides is 1. The van der Waals surface area contributed by atoms with Crippen LogP contribution in [0.25, 0.3) is 0 Å². The fourth-order valence-electron chi connectivity index (χ4n) is 2.40. The summed E-state index contributed by atoms with van der Waals surface area (Å²) in [7, 11) is 0. The summed E-state index contributed by atoms with van der Waals surface area (Å²) in [5, 5.41) is 0. The van der Waals surface area contributed by atoms with Crippen LogP contribution >= 0.6 is 0 Å². The molecule has 0 radical (unpaired) electrons. The zero-order chi connectivity index (χ0) is 13.9. The van der Waals surface area contributed by atoms with Crippen LogP contribution in [-0.4, -0.2) is 22.0 Å². The largest absolute Gasteiger partial charge is 0.312 e. The number of benzene rings is 1. The van der Waals surface area contributed by atoms with E-state index in [0.717, 1.165) is 24.2 Å². The summed E-state index contributed by atoms with van der Waals surface area (Å²) in [5.41, 5.74) is 1.86. The van der Waals surface area contributed by atoms with Crippen molar-refractivity contribution in [3.05, 3.63) is 58.8 Å². The quantitative estimate of drug-likeness (QED) is 0.846. The Labute approximate surface area is 116 Å². The molecule has 5 nitrogen and oxygen atoms in total. The molecular weight excluding hydrogens is 254 g/mol. The first-order valence-corrected chi connectivity index (χ1v) is 6.64. The highest BCUT2D eigenvalue weighted by Crippen LogP contribution is 2.21. The third-order valence-electron chi connectivity index (χ3n) is 3.47. The molecule has 0 atom stereocenters. The average Bonchev–Trinajstić information content (AvgIpc) is 2.89. The molecule has 1 aromatic carbocycles. The molecule has 1 aliphatic heterocycles. The normalized spacial score (nSPS) is 14.8. The summed E-state index contributed by atoms with van der Waals surface area (Å²) in [4.78, 5) is 29.0. The third-order valence-corrected chi connectivity index (χ3v) is 3.47. The number of aromatic nitrogens is 2. The van der Waals surface area contributed by atoms with E-state index in [1.807, 2.05) is 24.3 Å². The Bertz CT molecular complexity index is 676. The smallest absolute Gasteiger partial charge is 0.253 e. The molecule has 0 bridgehead atoms. The standard InChI is InChI=1S/C15H15N3O2/c19-14-7-8-16-11-17(14)10-12-3-5-13(6-4-12)18-9-1-2-15(18)20/h3-8,11H,1-2,9-10H2. The lowest BCUT2D eigenvalue weighted by Crippen LogP contribution is -2.23. The molecule has 3 rings (SSSR count). The number of carbonyl (C=O) groups excluding carboxylic acids is 1. The number of rotatable bonds is 3. The second kappa shape index (κ2) is 5.28.